The van der Waals surface area contributed by atoms with Gasteiger partial charge in [0.1, 0.15) is 18.7 Å². The zero-order valence-electron chi connectivity index (χ0n) is 19.4. The number of carboxylic acid groups (broad SMARTS) is 1. The molecule has 2 unspecified atom stereocenters. The maximum Gasteiger partial charge on any atom is 0.407 e. The third-order valence-corrected chi connectivity index (χ3v) is 7.95. The van der Waals surface area contributed by atoms with Crippen LogP contribution in [0.25, 0.3) is 11.1 Å². The summed E-state index contributed by atoms with van der Waals surface area (Å²) < 4.78 is 5.61. The van der Waals surface area contributed by atoms with Crippen molar-refractivity contribution in [3.8, 4) is 11.1 Å². The minimum Gasteiger partial charge on any atom is -0.480 e. The number of nitrogens with zero attached hydrogens (tertiary/aromatic N) is 1. The molecule has 2 amide bonds. The standard InChI is InChI=1S/C26H30N2O5S/c1-3-9-21(24(29)28-22(25(30)31)15-34-23(28)4-2)27-26(32)33-14-20-18-12-7-5-10-16(18)17-11-6-8-13-19(17)20/h5-8,10-13,20-23H,3-4,9,14-15H2,1-2H3,(H,27,32)(H,30,31)/t21-,22?,23?/m0/s1. The molecule has 0 aromatic heterocycles. The molecule has 2 aromatic carbocycles. The van der Waals surface area contributed by atoms with Gasteiger partial charge in [-0.3, -0.25) is 4.79 Å². The quantitative estimate of drug-likeness (QED) is 0.577. The first-order valence-electron chi connectivity index (χ1n) is 11.7. The number of fused-ring (bicyclic) bond motifs is 3. The van der Waals surface area contributed by atoms with Gasteiger partial charge in [0, 0.05) is 11.7 Å². The lowest BCUT2D eigenvalue weighted by Crippen LogP contribution is -2.54. The molecule has 7 nitrogen and oxygen atoms in total. The van der Waals surface area contributed by atoms with Crippen molar-refractivity contribution in [1.82, 2.24) is 10.2 Å². The highest BCUT2D eigenvalue weighted by molar-refractivity contribution is 8.00. The number of benzene rings is 2. The maximum atomic E-state index is 13.3. The Morgan fingerprint density at radius 2 is 1.71 bits per heavy atom. The van der Waals surface area contributed by atoms with Gasteiger partial charge in [0.05, 0.1) is 5.37 Å². The average molecular weight is 483 g/mol. The van der Waals surface area contributed by atoms with Crippen molar-refractivity contribution in [2.75, 3.05) is 12.4 Å². The van der Waals surface area contributed by atoms with E-state index in [4.69, 9.17) is 4.74 Å². The summed E-state index contributed by atoms with van der Waals surface area (Å²) in [6.07, 6.45) is 1.05. The van der Waals surface area contributed by atoms with Gasteiger partial charge in [-0.2, -0.15) is 0 Å². The van der Waals surface area contributed by atoms with E-state index in [1.54, 1.807) is 0 Å². The van der Waals surface area contributed by atoms with Gasteiger partial charge >= 0.3 is 12.1 Å². The molecule has 1 heterocycles. The van der Waals surface area contributed by atoms with Crippen LogP contribution in [0.3, 0.4) is 0 Å². The molecule has 0 saturated carbocycles. The highest BCUT2D eigenvalue weighted by atomic mass is 32.2. The van der Waals surface area contributed by atoms with E-state index in [-0.39, 0.29) is 23.8 Å². The molecule has 34 heavy (non-hydrogen) atoms. The van der Waals surface area contributed by atoms with Crippen LogP contribution < -0.4 is 5.32 Å². The number of aliphatic carboxylic acids is 1. The number of ether oxygens (including phenoxy) is 1. The maximum absolute atomic E-state index is 13.3. The van der Waals surface area contributed by atoms with Crippen molar-refractivity contribution in [2.45, 2.75) is 56.5 Å². The van der Waals surface area contributed by atoms with E-state index in [0.29, 0.717) is 25.0 Å². The summed E-state index contributed by atoms with van der Waals surface area (Å²) in [5.41, 5.74) is 4.51. The topological polar surface area (TPSA) is 95.9 Å². The Balaban J connectivity index is 1.45. The van der Waals surface area contributed by atoms with E-state index < -0.39 is 24.1 Å². The van der Waals surface area contributed by atoms with Gasteiger partial charge < -0.3 is 20.1 Å². The second-order valence-electron chi connectivity index (χ2n) is 8.61. The fourth-order valence-corrected chi connectivity index (χ4v) is 6.23. The van der Waals surface area contributed by atoms with Crippen molar-refractivity contribution >= 4 is 29.7 Å². The lowest BCUT2D eigenvalue weighted by Gasteiger charge is -2.30. The molecule has 2 N–H and O–H groups in total. The number of hydrogen-bond acceptors (Lipinski definition) is 5. The second-order valence-corrected chi connectivity index (χ2v) is 9.82. The van der Waals surface area contributed by atoms with Crippen molar-refractivity contribution in [3.05, 3.63) is 59.7 Å². The molecule has 2 aromatic rings. The Hall–Kier alpha value is -3.00. The van der Waals surface area contributed by atoms with Crippen molar-refractivity contribution in [2.24, 2.45) is 0 Å². The first-order chi connectivity index (χ1) is 16.5. The van der Waals surface area contributed by atoms with Gasteiger partial charge in [0.15, 0.2) is 0 Å². The van der Waals surface area contributed by atoms with Gasteiger partial charge in [-0.1, -0.05) is 68.8 Å². The Morgan fingerprint density at radius 3 is 2.26 bits per heavy atom. The fourth-order valence-electron chi connectivity index (χ4n) is 4.87. The number of carbonyl (C=O) groups excluding carboxylic acids is 2. The smallest absolute Gasteiger partial charge is 0.407 e. The summed E-state index contributed by atoms with van der Waals surface area (Å²) in [4.78, 5) is 39.2. The zero-order chi connectivity index (χ0) is 24.2. The number of hydrogen-bond donors (Lipinski definition) is 2. The van der Waals surface area contributed by atoms with Crippen LogP contribution in [0.2, 0.25) is 0 Å². The number of alkyl carbamates (subject to hydrolysis) is 1. The van der Waals surface area contributed by atoms with Crippen molar-refractivity contribution in [3.63, 3.8) is 0 Å². The van der Waals surface area contributed by atoms with Crippen LogP contribution in [0.15, 0.2) is 48.5 Å². The molecule has 1 fully saturated rings. The molecule has 1 aliphatic carbocycles. The predicted molar refractivity (Wildman–Crippen MR) is 132 cm³/mol. The molecule has 8 heteroatoms. The van der Waals surface area contributed by atoms with Gasteiger partial charge in [0.25, 0.3) is 0 Å². The summed E-state index contributed by atoms with van der Waals surface area (Å²) in [5, 5.41) is 12.1. The predicted octanol–water partition coefficient (Wildman–Crippen LogP) is 4.46. The average Bonchev–Trinajstić information content (AvgIpc) is 3.41. The molecule has 3 atom stereocenters. The van der Waals surface area contributed by atoms with Crippen LogP contribution in [0.4, 0.5) is 4.79 Å². The lowest BCUT2D eigenvalue weighted by molar-refractivity contribution is -0.150. The largest absolute Gasteiger partial charge is 0.480 e. The van der Waals surface area contributed by atoms with E-state index in [0.717, 1.165) is 22.3 Å². The molecular formula is C26H30N2O5S. The number of thioether (sulfide) groups is 1. The lowest BCUT2D eigenvalue weighted by atomic mass is 9.98. The Bertz CT molecular complexity index is 1030. The fraction of sp³-hybridized carbons (Fsp3) is 0.423. The van der Waals surface area contributed by atoms with Crippen molar-refractivity contribution < 1.29 is 24.2 Å². The Morgan fingerprint density at radius 1 is 1.09 bits per heavy atom. The van der Waals surface area contributed by atoms with E-state index >= 15 is 0 Å². The van der Waals surface area contributed by atoms with Gasteiger partial charge in [-0.05, 0) is 35.1 Å². The van der Waals surface area contributed by atoms with E-state index in [1.165, 1.54) is 16.7 Å². The molecule has 0 radical (unpaired) electrons. The summed E-state index contributed by atoms with van der Waals surface area (Å²) in [6.45, 7) is 4.00. The van der Waals surface area contributed by atoms with Crippen LogP contribution in [-0.2, 0) is 14.3 Å². The summed E-state index contributed by atoms with van der Waals surface area (Å²) >= 11 is 1.46. The van der Waals surface area contributed by atoms with E-state index in [9.17, 15) is 19.5 Å². The molecule has 1 saturated heterocycles. The van der Waals surface area contributed by atoms with Gasteiger partial charge in [-0.25, -0.2) is 9.59 Å². The highest BCUT2D eigenvalue weighted by Gasteiger charge is 2.43. The second kappa shape index (κ2) is 10.5. The molecule has 0 bridgehead atoms. The Labute approximate surface area is 203 Å². The van der Waals surface area contributed by atoms with Crippen LogP contribution in [0.1, 0.15) is 50.2 Å². The summed E-state index contributed by atoms with van der Waals surface area (Å²) in [7, 11) is 0. The molecule has 2 aliphatic rings. The highest BCUT2D eigenvalue weighted by Crippen LogP contribution is 2.44. The minimum atomic E-state index is -1.02. The van der Waals surface area contributed by atoms with Crippen LogP contribution >= 0.6 is 11.8 Å². The molecule has 0 spiro atoms. The normalized spacial score (nSPS) is 19.9. The summed E-state index contributed by atoms with van der Waals surface area (Å²) in [5.74, 6) is -1.11. The Kier molecular flexibility index (Phi) is 7.46. The number of rotatable bonds is 8. The minimum absolute atomic E-state index is 0.0747. The van der Waals surface area contributed by atoms with Crippen LogP contribution in [0.5, 0.6) is 0 Å². The van der Waals surface area contributed by atoms with Crippen molar-refractivity contribution in [1.29, 1.82) is 0 Å². The third kappa shape index (κ3) is 4.64. The first kappa shape index (κ1) is 24.1. The van der Waals surface area contributed by atoms with E-state index in [2.05, 4.69) is 17.4 Å². The van der Waals surface area contributed by atoms with Crippen LogP contribution in [0, 0.1) is 0 Å². The SMILES string of the molecule is CCC[C@H](NC(=O)OCC1c2ccccc2-c2ccccc21)C(=O)N1C(CC)SCC1C(=O)O. The first-order valence-corrected chi connectivity index (χ1v) is 12.8. The number of carbonyl (C=O) groups is 3. The van der Waals surface area contributed by atoms with Gasteiger partial charge in [0.2, 0.25) is 5.91 Å². The van der Waals surface area contributed by atoms with Crippen LogP contribution in [-0.4, -0.2) is 57.8 Å². The summed E-state index contributed by atoms with van der Waals surface area (Å²) in [6, 6.07) is 14.5. The number of carboxylic acids is 1. The number of nitrogens with one attached hydrogen (secondary N) is 1. The van der Waals surface area contributed by atoms with E-state index in [1.807, 2.05) is 50.2 Å². The van der Waals surface area contributed by atoms with Gasteiger partial charge in [-0.15, -0.1) is 11.8 Å². The molecule has 180 valence electrons. The molecular weight excluding hydrogens is 452 g/mol. The molecule has 4 rings (SSSR count). The third-order valence-electron chi connectivity index (χ3n) is 6.49. The monoisotopic (exact) mass is 482 g/mol. The number of amides is 2. The molecule has 1 aliphatic heterocycles. The zero-order valence-corrected chi connectivity index (χ0v) is 20.2.